The van der Waals surface area contributed by atoms with Crippen LogP contribution in [0.1, 0.15) is 10.4 Å². The van der Waals surface area contributed by atoms with Gasteiger partial charge in [-0.3, -0.25) is 13.9 Å². The van der Waals surface area contributed by atoms with Crippen molar-refractivity contribution in [3.63, 3.8) is 0 Å². The Morgan fingerprint density at radius 3 is 1.93 bits per heavy atom. The highest BCUT2D eigenvalue weighted by molar-refractivity contribution is 7.79. The fourth-order valence-electron chi connectivity index (χ4n) is 0.618. The molecule has 78 valence electrons. The van der Waals surface area contributed by atoms with E-state index in [0.717, 1.165) is 6.29 Å². The molecule has 0 unspecified atom stereocenters. The number of hydrogen-bond acceptors (Lipinski definition) is 4. The van der Waals surface area contributed by atoms with Crippen molar-refractivity contribution in [2.75, 3.05) is 5.73 Å². The summed E-state index contributed by atoms with van der Waals surface area (Å²) in [6.45, 7) is 0. The zero-order chi connectivity index (χ0) is 11.2. The number of carbonyl (C=O) groups is 1. The molecule has 6 nitrogen and oxygen atoms in total. The molecule has 7 heteroatoms. The molecule has 1 aromatic rings. The summed E-state index contributed by atoms with van der Waals surface area (Å²) in [5, 5.41) is 0. The highest BCUT2D eigenvalue weighted by Gasteiger charge is 1.90. The molecule has 0 amide bonds. The van der Waals surface area contributed by atoms with Crippen LogP contribution in [0.2, 0.25) is 0 Å². The van der Waals surface area contributed by atoms with Gasteiger partial charge in [0.05, 0.1) is 0 Å². The van der Waals surface area contributed by atoms with Crippen LogP contribution in [-0.4, -0.2) is 23.8 Å². The van der Waals surface area contributed by atoms with Gasteiger partial charge in [-0.15, -0.1) is 0 Å². The lowest BCUT2D eigenvalue weighted by atomic mass is 10.2. The van der Waals surface area contributed by atoms with E-state index in [4.69, 9.17) is 23.3 Å². The molecule has 0 aliphatic rings. The number of aldehydes is 1. The SMILES string of the molecule is Nc1ccccc1C=O.O=S(=O)(O)O. The number of hydrogen-bond donors (Lipinski definition) is 3. The van der Waals surface area contributed by atoms with Crippen LogP contribution < -0.4 is 5.73 Å². The Labute approximate surface area is 80.9 Å². The van der Waals surface area contributed by atoms with Gasteiger partial charge in [0.1, 0.15) is 0 Å². The molecule has 1 aromatic carbocycles. The number of anilines is 1. The second-order valence-electron chi connectivity index (χ2n) is 2.19. The lowest BCUT2D eigenvalue weighted by Crippen LogP contribution is -1.90. The van der Waals surface area contributed by atoms with Crippen LogP contribution in [0.5, 0.6) is 0 Å². The van der Waals surface area contributed by atoms with Gasteiger partial charge in [-0.25, -0.2) is 0 Å². The van der Waals surface area contributed by atoms with E-state index in [0.29, 0.717) is 11.3 Å². The topological polar surface area (TPSA) is 118 Å². The van der Waals surface area contributed by atoms with Crippen LogP contribution >= 0.6 is 0 Å². The summed E-state index contributed by atoms with van der Waals surface area (Å²) in [4.78, 5) is 10.1. The molecule has 1 rings (SSSR count). The third kappa shape index (κ3) is 7.22. The van der Waals surface area contributed by atoms with Crippen molar-refractivity contribution in [3.8, 4) is 0 Å². The molecular weight excluding hydrogens is 210 g/mol. The zero-order valence-corrected chi connectivity index (χ0v) is 7.81. The van der Waals surface area contributed by atoms with Crippen molar-refractivity contribution < 1.29 is 22.3 Å². The van der Waals surface area contributed by atoms with Gasteiger partial charge in [-0.1, -0.05) is 12.1 Å². The minimum absolute atomic E-state index is 0.535. The Morgan fingerprint density at radius 2 is 1.64 bits per heavy atom. The Hall–Kier alpha value is -1.44. The van der Waals surface area contributed by atoms with Gasteiger partial charge in [0.2, 0.25) is 0 Å². The van der Waals surface area contributed by atoms with E-state index < -0.39 is 10.4 Å². The Morgan fingerprint density at radius 1 is 1.21 bits per heavy atom. The standard InChI is InChI=1S/C7H7NO.H2O4S/c8-7-4-2-1-3-6(7)5-9;1-5(2,3)4/h1-5H,8H2;(H2,1,2,3,4). The van der Waals surface area contributed by atoms with Gasteiger partial charge < -0.3 is 5.73 Å². The third-order valence-electron chi connectivity index (χ3n) is 1.12. The molecule has 0 saturated heterocycles. The first-order valence-corrected chi connectivity index (χ1v) is 4.74. The predicted molar refractivity (Wildman–Crippen MR) is 50.4 cm³/mol. The first-order chi connectivity index (χ1) is 6.34. The van der Waals surface area contributed by atoms with Crippen molar-refractivity contribution in [2.24, 2.45) is 0 Å². The van der Waals surface area contributed by atoms with E-state index in [1.165, 1.54) is 0 Å². The number of nitrogen functional groups attached to an aromatic ring is 1. The number of carbonyl (C=O) groups excluding carboxylic acids is 1. The molecule has 0 saturated carbocycles. The maximum atomic E-state index is 10.1. The lowest BCUT2D eigenvalue weighted by Gasteiger charge is -1.92. The quantitative estimate of drug-likeness (QED) is 0.358. The van der Waals surface area contributed by atoms with Gasteiger partial charge >= 0.3 is 10.4 Å². The van der Waals surface area contributed by atoms with Crippen molar-refractivity contribution in [1.29, 1.82) is 0 Å². The van der Waals surface area contributed by atoms with Crippen LogP contribution in [0.25, 0.3) is 0 Å². The number of para-hydroxylation sites is 1. The average molecular weight is 219 g/mol. The third-order valence-corrected chi connectivity index (χ3v) is 1.12. The second-order valence-corrected chi connectivity index (χ2v) is 3.09. The normalized spacial score (nSPS) is 9.86. The van der Waals surface area contributed by atoms with Gasteiger partial charge in [0.15, 0.2) is 6.29 Å². The molecular formula is C7H9NO5S. The van der Waals surface area contributed by atoms with Gasteiger partial charge in [-0.05, 0) is 12.1 Å². The molecule has 14 heavy (non-hydrogen) atoms. The summed E-state index contributed by atoms with van der Waals surface area (Å²) in [6, 6.07) is 6.95. The van der Waals surface area contributed by atoms with Crippen LogP contribution in [0.4, 0.5) is 5.69 Å². The first-order valence-electron chi connectivity index (χ1n) is 3.34. The molecule has 0 radical (unpaired) electrons. The van der Waals surface area contributed by atoms with E-state index >= 15 is 0 Å². The van der Waals surface area contributed by atoms with E-state index in [1.54, 1.807) is 24.3 Å². The summed E-state index contributed by atoms with van der Waals surface area (Å²) >= 11 is 0. The molecule has 0 heterocycles. The smallest absolute Gasteiger partial charge is 0.394 e. The van der Waals surface area contributed by atoms with E-state index in [1.807, 2.05) is 0 Å². The molecule has 0 aliphatic heterocycles. The van der Waals surface area contributed by atoms with Gasteiger partial charge in [-0.2, -0.15) is 8.42 Å². The molecule has 0 spiro atoms. The van der Waals surface area contributed by atoms with Crippen LogP contribution in [0.3, 0.4) is 0 Å². The highest BCUT2D eigenvalue weighted by atomic mass is 32.3. The zero-order valence-electron chi connectivity index (χ0n) is 6.99. The summed E-state index contributed by atoms with van der Waals surface area (Å²) in [5.74, 6) is 0. The van der Waals surface area contributed by atoms with Gasteiger partial charge in [0, 0.05) is 11.3 Å². The first kappa shape index (κ1) is 12.6. The predicted octanol–water partition coefficient (Wildman–Crippen LogP) is 0.428. The van der Waals surface area contributed by atoms with Crippen molar-refractivity contribution in [2.45, 2.75) is 0 Å². The van der Waals surface area contributed by atoms with Crippen molar-refractivity contribution in [1.82, 2.24) is 0 Å². The summed E-state index contributed by atoms with van der Waals surface area (Å²) in [6.07, 6.45) is 0.745. The fraction of sp³-hybridized carbons (Fsp3) is 0. The maximum absolute atomic E-state index is 10.1. The van der Waals surface area contributed by atoms with E-state index in [2.05, 4.69) is 0 Å². The number of rotatable bonds is 1. The molecule has 0 aromatic heterocycles. The highest BCUT2D eigenvalue weighted by Crippen LogP contribution is 2.05. The summed E-state index contributed by atoms with van der Waals surface area (Å²) in [5.41, 5.74) is 6.49. The number of benzene rings is 1. The Bertz CT molecular complexity index is 392. The van der Waals surface area contributed by atoms with Crippen molar-refractivity contribution >= 4 is 22.4 Å². The van der Waals surface area contributed by atoms with Crippen molar-refractivity contribution in [3.05, 3.63) is 29.8 Å². The summed E-state index contributed by atoms with van der Waals surface area (Å²) in [7, 11) is -4.67. The lowest BCUT2D eigenvalue weighted by molar-refractivity contribution is 0.112. The maximum Gasteiger partial charge on any atom is 0.394 e. The monoisotopic (exact) mass is 219 g/mol. The van der Waals surface area contributed by atoms with Gasteiger partial charge in [0.25, 0.3) is 0 Å². The summed E-state index contributed by atoms with van der Waals surface area (Å²) < 4.78 is 31.6. The molecule has 0 atom stereocenters. The largest absolute Gasteiger partial charge is 0.398 e. The van der Waals surface area contributed by atoms with Crippen LogP contribution in [0, 0.1) is 0 Å². The molecule has 4 N–H and O–H groups in total. The minimum atomic E-state index is -4.67. The molecule has 0 bridgehead atoms. The van der Waals surface area contributed by atoms with Crippen LogP contribution in [0.15, 0.2) is 24.3 Å². The Balaban J connectivity index is 0.000000292. The second kappa shape index (κ2) is 5.32. The average Bonchev–Trinajstić information content (AvgIpc) is 2.02. The Kier molecular flexibility index (Phi) is 4.78. The molecule has 0 aliphatic carbocycles. The minimum Gasteiger partial charge on any atom is -0.398 e. The van der Waals surface area contributed by atoms with E-state index in [-0.39, 0.29) is 0 Å². The molecule has 0 fully saturated rings. The van der Waals surface area contributed by atoms with E-state index in [9.17, 15) is 4.79 Å². The van der Waals surface area contributed by atoms with Crippen LogP contribution in [-0.2, 0) is 10.4 Å². The number of nitrogens with two attached hydrogens (primary N) is 1. The fourth-order valence-corrected chi connectivity index (χ4v) is 0.618.